The average molecular weight is 623 g/mol. The zero-order valence-corrected chi connectivity index (χ0v) is 26.6. The number of hydrogen-bond donors (Lipinski definition) is 4. The van der Waals surface area contributed by atoms with Gasteiger partial charge in [-0.05, 0) is 60.3 Å². The van der Waals surface area contributed by atoms with Crippen LogP contribution in [0.25, 0.3) is 5.69 Å². The largest absolute Gasteiger partial charge is 0.492 e. The number of aromatic nitrogens is 3. The highest BCUT2D eigenvalue weighted by molar-refractivity contribution is 7.92. The molecule has 1 heterocycles. The van der Waals surface area contributed by atoms with Crippen molar-refractivity contribution in [2.75, 3.05) is 30.5 Å². The number of hydrogen-bond acceptors (Lipinski definition) is 8. The number of ether oxygens (including phenoxy) is 1. The van der Waals surface area contributed by atoms with E-state index in [9.17, 15) is 18.0 Å². The predicted octanol–water partition coefficient (Wildman–Crippen LogP) is 4.61. The van der Waals surface area contributed by atoms with E-state index in [4.69, 9.17) is 9.84 Å². The first-order valence-corrected chi connectivity index (χ1v) is 15.5. The van der Waals surface area contributed by atoms with Crippen LogP contribution in [0.3, 0.4) is 0 Å². The van der Waals surface area contributed by atoms with Crippen LogP contribution >= 0.6 is 0 Å². The average Bonchev–Trinajstić information content (AvgIpc) is 3.44. The number of carboxylic acids is 1. The lowest BCUT2D eigenvalue weighted by molar-refractivity contribution is 0.0690. The van der Waals surface area contributed by atoms with Gasteiger partial charge in [-0.25, -0.2) is 17.9 Å². The van der Waals surface area contributed by atoms with Gasteiger partial charge in [-0.2, -0.15) is 0 Å². The molecular formula is C31H38N6O6S. The minimum Gasteiger partial charge on any atom is -0.492 e. The van der Waals surface area contributed by atoms with E-state index in [1.54, 1.807) is 37.3 Å². The molecule has 0 spiro atoms. The quantitative estimate of drug-likeness (QED) is 0.209. The lowest BCUT2D eigenvalue weighted by Gasteiger charge is -2.24. The molecule has 0 unspecified atom stereocenters. The van der Waals surface area contributed by atoms with E-state index in [0.29, 0.717) is 5.69 Å². The molecule has 1 aromatic heterocycles. The van der Waals surface area contributed by atoms with Gasteiger partial charge in [0, 0.05) is 12.1 Å². The number of carbonyl (C=O) groups excluding carboxylic acids is 1. The number of sulfonamides is 1. The summed E-state index contributed by atoms with van der Waals surface area (Å²) in [5, 5.41) is 22.4. The lowest BCUT2D eigenvalue weighted by atomic mass is 9.86. The van der Waals surface area contributed by atoms with Crippen LogP contribution in [0.4, 0.5) is 11.4 Å². The SMILES string of the molecule is CNCc1ccccc1.COc1c(NC(=O)c2ccc(C)c(-n3cc(C(=O)O)nn3)c2)cc(C(C)(C)C)cc1NS(C)(=O)=O. The number of benzene rings is 3. The number of nitrogens with one attached hydrogen (secondary N) is 3. The van der Waals surface area contributed by atoms with Crippen LogP contribution in [0, 0.1) is 6.92 Å². The van der Waals surface area contributed by atoms with Gasteiger partial charge in [-0.1, -0.05) is 62.4 Å². The highest BCUT2D eigenvalue weighted by Crippen LogP contribution is 2.39. The van der Waals surface area contributed by atoms with Crippen molar-refractivity contribution in [2.45, 2.75) is 39.7 Å². The number of aromatic carboxylic acids is 1. The zero-order valence-electron chi connectivity index (χ0n) is 25.8. The third-order valence-corrected chi connectivity index (χ3v) is 6.95. The summed E-state index contributed by atoms with van der Waals surface area (Å²) in [6.45, 7) is 8.63. The molecule has 3 aromatic carbocycles. The fraction of sp³-hybridized carbons (Fsp3) is 0.290. The Labute approximate surface area is 257 Å². The number of methoxy groups -OCH3 is 1. The third-order valence-electron chi connectivity index (χ3n) is 6.36. The molecule has 0 fully saturated rings. The Balaban J connectivity index is 0.000000502. The maximum absolute atomic E-state index is 13.2. The molecule has 0 aliphatic heterocycles. The Kier molecular flexibility index (Phi) is 10.9. The van der Waals surface area contributed by atoms with E-state index in [1.807, 2.05) is 46.0 Å². The molecule has 44 heavy (non-hydrogen) atoms. The highest BCUT2D eigenvalue weighted by atomic mass is 32.2. The fourth-order valence-corrected chi connectivity index (χ4v) is 4.67. The molecule has 1 amide bonds. The Bertz CT molecular complexity index is 1730. The first-order chi connectivity index (χ1) is 20.6. The van der Waals surface area contributed by atoms with E-state index in [0.717, 1.165) is 23.9 Å². The summed E-state index contributed by atoms with van der Waals surface area (Å²) < 4.78 is 33.0. The molecule has 0 radical (unpaired) electrons. The van der Waals surface area contributed by atoms with Gasteiger partial charge >= 0.3 is 5.97 Å². The number of aryl methyl sites for hydroxylation is 1. The third kappa shape index (κ3) is 9.12. The Morgan fingerprint density at radius 3 is 2.23 bits per heavy atom. The fourth-order valence-electron chi connectivity index (χ4n) is 4.12. The van der Waals surface area contributed by atoms with Crippen LogP contribution in [-0.2, 0) is 22.0 Å². The summed E-state index contributed by atoms with van der Waals surface area (Å²) >= 11 is 0. The highest BCUT2D eigenvalue weighted by Gasteiger charge is 2.23. The van der Waals surface area contributed by atoms with E-state index in [2.05, 4.69) is 37.8 Å². The van der Waals surface area contributed by atoms with Gasteiger partial charge < -0.3 is 20.5 Å². The maximum Gasteiger partial charge on any atom is 0.358 e. The monoisotopic (exact) mass is 622 g/mol. The molecular weight excluding hydrogens is 584 g/mol. The van der Waals surface area contributed by atoms with E-state index >= 15 is 0 Å². The summed E-state index contributed by atoms with van der Waals surface area (Å²) in [4.78, 5) is 24.4. The Hall–Kier alpha value is -4.75. The first kappa shape index (κ1) is 33.7. The van der Waals surface area contributed by atoms with Gasteiger partial charge in [0.2, 0.25) is 10.0 Å². The standard InChI is InChI=1S/C23H27N5O6S.C8H11N/c1-13-7-8-14(9-19(13)28-12-18(22(30)31)25-27-28)21(29)24-16-10-15(23(2,3)4)11-17(20(16)34-5)26-35(6,32)33;1-9-7-8-5-3-2-4-6-8/h7-12,26H,1-6H3,(H,24,29)(H,30,31);2-6,9H,7H2,1H3. The molecule has 0 atom stereocenters. The van der Waals surface area contributed by atoms with Crippen LogP contribution < -0.4 is 20.1 Å². The summed E-state index contributed by atoms with van der Waals surface area (Å²) in [7, 11) is -0.284. The molecule has 0 aliphatic carbocycles. The second kappa shape index (κ2) is 14.1. The lowest BCUT2D eigenvalue weighted by Crippen LogP contribution is -2.18. The van der Waals surface area contributed by atoms with Crippen LogP contribution in [0.15, 0.2) is 66.9 Å². The molecule has 0 saturated heterocycles. The van der Waals surface area contributed by atoms with Crippen LogP contribution in [0.5, 0.6) is 5.75 Å². The van der Waals surface area contributed by atoms with Crippen LogP contribution in [-0.4, -0.2) is 60.8 Å². The number of anilines is 2. The number of rotatable bonds is 9. The Morgan fingerprint density at radius 2 is 1.68 bits per heavy atom. The van der Waals surface area contributed by atoms with Crippen molar-refractivity contribution in [1.29, 1.82) is 0 Å². The topological polar surface area (TPSA) is 165 Å². The molecule has 4 aromatic rings. The molecule has 234 valence electrons. The number of carboxylic acid groups (broad SMARTS) is 1. The first-order valence-electron chi connectivity index (χ1n) is 13.6. The van der Waals surface area contributed by atoms with E-state index in [-0.39, 0.29) is 33.8 Å². The van der Waals surface area contributed by atoms with E-state index in [1.165, 1.54) is 23.6 Å². The molecule has 0 saturated carbocycles. The summed E-state index contributed by atoms with van der Waals surface area (Å²) in [5.41, 5.74) is 3.49. The smallest absolute Gasteiger partial charge is 0.358 e. The van der Waals surface area contributed by atoms with Crippen molar-refractivity contribution in [1.82, 2.24) is 20.3 Å². The second-order valence-corrected chi connectivity index (χ2v) is 12.8. The van der Waals surface area contributed by atoms with Crippen molar-refractivity contribution >= 4 is 33.3 Å². The Morgan fingerprint density at radius 1 is 1.02 bits per heavy atom. The van der Waals surface area contributed by atoms with Gasteiger partial charge in [0.25, 0.3) is 5.91 Å². The van der Waals surface area contributed by atoms with Crippen molar-refractivity contribution in [2.24, 2.45) is 0 Å². The van der Waals surface area contributed by atoms with Crippen molar-refractivity contribution in [3.05, 3.63) is 94.8 Å². The molecule has 12 nitrogen and oxygen atoms in total. The number of carbonyl (C=O) groups is 2. The van der Waals surface area contributed by atoms with Gasteiger partial charge in [0.05, 0.1) is 36.6 Å². The normalized spacial score (nSPS) is 11.2. The van der Waals surface area contributed by atoms with Gasteiger partial charge in [-0.15, -0.1) is 5.10 Å². The maximum atomic E-state index is 13.2. The molecule has 4 rings (SSSR count). The van der Waals surface area contributed by atoms with Gasteiger partial charge in [-0.3, -0.25) is 9.52 Å². The minimum atomic E-state index is -3.61. The van der Waals surface area contributed by atoms with Crippen LogP contribution in [0.1, 0.15) is 58.3 Å². The molecule has 4 N–H and O–H groups in total. The van der Waals surface area contributed by atoms with Crippen molar-refractivity contribution in [3.63, 3.8) is 0 Å². The minimum absolute atomic E-state index is 0.159. The van der Waals surface area contributed by atoms with Gasteiger partial charge in [0.15, 0.2) is 11.4 Å². The number of amides is 1. The van der Waals surface area contributed by atoms with Crippen molar-refractivity contribution in [3.8, 4) is 11.4 Å². The van der Waals surface area contributed by atoms with Crippen molar-refractivity contribution < 1.29 is 27.9 Å². The summed E-state index contributed by atoms with van der Waals surface area (Å²) in [5.74, 6) is -1.54. The summed E-state index contributed by atoms with van der Waals surface area (Å²) in [6.07, 6.45) is 2.29. The summed E-state index contributed by atoms with van der Waals surface area (Å²) in [6, 6.07) is 18.6. The van der Waals surface area contributed by atoms with Gasteiger partial charge in [0.1, 0.15) is 0 Å². The zero-order chi connectivity index (χ0) is 32.7. The molecule has 0 bridgehead atoms. The number of nitrogens with zero attached hydrogens (tertiary/aromatic N) is 3. The second-order valence-electron chi connectivity index (χ2n) is 11.1. The molecule has 0 aliphatic rings. The van der Waals surface area contributed by atoms with Crippen LogP contribution in [0.2, 0.25) is 0 Å². The molecule has 13 heteroatoms. The van der Waals surface area contributed by atoms with E-state index < -0.39 is 21.9 Å². The predicted molar refractivity (Wildman–Crippen MR) is 170 cm³/mol.